The normalized spacial score (nSPS) is 24.4. The van der Waals surface area contributed by atoms with E-state index in [1.54, 1.807) is 7.11 Å². The summed E-state index contributed by atoms with van der Waals surface area (Å²) in [4.78, 5) is 0. The predicted octanol–water partition coefficient (Wildman–Crippen LogP) is 2.76. The molecule has 1 aliphatic carbocycles. The molecular weight excluding hydrogens is 242 g/mol. The van der Waals surface area contributed by atoms with Crippen LogP contribution in [0.3, 0.4) is 0 Å². The number of rotatable bonds is 1. The van der Waals surface area contributed by atoms with Gasteiger partial charge in [-0.2, -0.15) is 5.26 Å². The van der Waals surface area contributed by atoms with Gasteiger partial charge in [-0.05, 0) is 24.5 Å². The molecule has 2 rings (SSSR count). The average Bonchev–Trinajstić information content (AvgIpc) is 2.59. The van der Waals surface area contributed by atoms with Gasteiger partial charge in [-0.3, -0.25) is 0 Å². The van der Waals surface area contributed by atoms with Gasteiger partial charge in [-0.25, -0.2) is 0 Å². The van der Waals surface area contributed by atoms with Crippen LogP contribution in [0.25, 0.3) is 0 Å². The molecular formula is C11H10BrNO. The largest absolute Gasteiger partial charge is 0.359 e. The van der Waals surface area contributed by atoms with E-state index < -0.39 is 5.60 Å². The molecule has 0 saturated heterocycles. The molecule has 14 heavy (non-hydrogen) atoms. The molecule has 0 radical (unpaired) electrons. The van der Waals surface area contributed by atoms with E-state index in [-0.39, 0.29) is 0 Å². The van der Waals surface area contributed by atoms with Crippen molar-refractivity contribution in [1.29, 1.82) is 5.26 Å². The highest BCUT2D eigenvalue weighted by Crippen LogP contribution is 2.41. The van der Waals surface area contributed by atoms with Gasteiger partial charge in [0.1, 0.15) is 6.07 Å². The second kappa shape index (κ2) is 3.38. The number of nitrogens with zero attached hydrogens (tertiary/aromatic N) is 1. The van der Waals surface area contributed by atoms with E-state index in [2.05, 4.69) is 22.0 Å². The molecule has 0 amide bonds. The van der Waals surface area contributed by atoms with Gasteiger partial charge in [0.05, 0.1) is 0 Å². The lowest BCUT2D eigenvalue weighted by Gasteiger charge is -2.19. The fourth-order valence-corrected chi connectivity index (χ4v) is 2.57. The van der Waals surface area contributed by atoms with Crippen LogP contribution < -0.4 is 0 Å². The lowest BCUT2D eigenvalue weighted by molar-refractivity contribution is 0.0379. The molecule has 0 N–H and O–H groups in total. The molecule has 1 aliphatic rings. The molecule has 0 bridgehead atoms. The van der Waals surface area contributed by atoms with Crippen molar-refractivity contribution in [3.63, 3.8) is 0 Å². The zero-order valence-electron chi connectivity index (χ0n) is 7.88. The zero-order valence-corrected chi connectivity index (χ0v) is 9.47. The second-order valence-electron chi connectivity index (χ2n) is 3.41. The number of ether oxygens (including phenoxy) is 1. The Balaban J connectivity index is 2.61. The number of halogens is 1. The number of hydrogen-bond acceptors (Lipinski definition) is 2. The molecule has 0 heterocycles. The molecule has 1 aromatic carbocycles. The maximum Gasteiger partial charge on any atom is 0.179 e. The summed E-state index contributed by atoms with van der Waals surface area (Å²) >= 11 is 3.49. The van der Waals surface area contributed by atoms with Gasteiger partial charge in [0, 0.05) is 17.1 Å². The molecule has 1 unspecified atom stereocenters. The van der Waals surface area contributed by atoms with Gasteiger partial charge >= 0.3 is 0 Å². The Kier molecular flexibility index (Phi) is 2.34. The van der Waals surface area contributed by atoms with Crippen molar-refractivity contribution in [1.82, 2.24) is 0 Å². The summed E-state index contributed by atoms with van der Waals surface area (Å²) < 4.78 is 6.42. The van der Waals surface area contributed by atoms with Gasteiger partial charge in [-0.1, -0.05) is 28.1 Å². The summed E-state index contributed by atoms with van der Waals surface area (Å²) in [5.41, 5.74) is 1.49. The molecule has 0 spiro atoms. The molecule has 3 heteroatoms. The van der Waals surface area contributed by atoms with Crippen molar-refractivity contribution in [2.75, 3.05) is 7.11 Å². The van der Waals surface area contributed by atoms with E-state index in [0.717, 1.165) is 22.9 Å². The van der Waals surface area contributed by atoms with Gasteiger partial charge in [-0.15, -0.1) is 0 Å². The van der Waals surface area contributed by atoms with Gasteiger partial charge in [0.2, 0.25) is 0 Å². The highest BCUT2D eigenvalue weighted by Gasteiger charge is 2.39. The van der Waals surface area contributed by atoms with E-state index in [4.69, 9.17) is 10.00 Å². The average molecular weight is 252 g/mol. The van der Waals surface area contributed by atoms with Crippen LogP contribution in [0.2, 0.25) is 0 Å². The SMILES string of the molecule is COC1(C#N)CCc2c(Br)cccc21. The fourth-order valence-electron chi connectivity index (χ4n) is 2.00. The third-order valence-corrected chi connectivity index (χ3v) is 3.55. The maximum atomic E-state index is 9.16. The summed E-state index contributed by atoms with van der Waals surface area (Å²) in [7, 11) is 1.60. The van der Waals surface area contributed by atoms with Crippen LogP contribution in [0.4, 0.5) is 0 Å². The summed E-state index contributed by atoms with van der Waals surface area (Å²) in [6, 6.07) is 8.19. The van der Waals surface area contributed by atoms with Crippen LogP contribution in [-0.2, 0) is 16.8 Å². The maximum absolute atomic E-state index is 9.16. The molecule has 72 valence electrons. The van der Waals surface area contributed by atoms with E-state index in [1.165, 1.54) is 5.56 Å². The first-order valence-electron chi connectivity index (χ1n) is 4.48. The monoisotopic (exact) mass is 251 g/mol. The third-order valence-electron chi connectivity index (χ3n) is 2.81. The first-order chi connectivity index (χ1) is 6.73. The second-order valence-corrected chi connectivity index (χ2v) is 4.26. The van der Waals surface area contributed by atoms with Crippen LogP contribution >= 0.6 is 15.9 Å². The highest BCUT2D eigenvalue weighted by molar-refractivity contribution is 9.10. The van der Waals surface area contributed by atoms with Crippen molar-refractivity contribution in [2.45, 2.75) is 18.4 Å². The number of nitriles is 1. The quantitative estimate of drug-likeness (QED) is 0.769. The third kappa shape index (κ3) is 1.18. The minimum Gasteiger partial charge on any atom is -0.359 e. The Morgan fingerprint density at radius 3 is 3.00 bits per heavy atom. The number of methoxy groups -OCH3 is 1. The van der Waals surface area contributed by atoms with E-state index in [9.17, 15) is 0 Å². The van der Waals surface area contributed by atoms with Gasteiger partial charge in [0.15, 0.2) is 5.60 Å². The Hall–Kier alpha value is -0.850. The topological polar surface area (TPSA) is 33.0 Å². The molecule has 2 nitrogen and oxygen atoms in total. The standard InChI is InChI=1S/C11H10BrNO/c1-14-11(7-13)6-5-8-9(11)3-2-4-10(8)12/h2-4H,5-6H2,1H3. The molecule has 0 fully saturated rings. The Morgan fingerprint density at radius 2 is 2.36 bits per heavy atom. The van der Waals surface area contributed by atoms with Crippen LogP contribution in [0.5, 0.6) is 0 Å². The van der Waals surface area contributed by atoms with Crippen molar-refractivity contribution in [2.24, 2.45) is 0 Å². The Morgan fingerprint density at radius 1 is 1.57 bits per heavy atom. The minimum absolute atomic E-state index is 0.723. The van der Waals surface area contributed by atoms with Crippen molar-refractivity contribution < 1.29 is 4.74 Å². The Bertz CT molecular complexity index is 410. The summed E-state index contributed by atoms with van der Waals surface area (Å²) in [6.07, 6.45) is 1.65. The van der Waals surface area contributed by atoms with Gasteiger partial charge in [0.25, 0.3) is 0 Å². The Labute approximate surface area is 91.6 Å². The van der Waals surface area contributed by atoms with E-state index >= 15 is 0 Å². The molecule has 0 aromatic heterocycles. The fraction of sp³-hybridized carbons (Fsp3) is 0.364. The predicted molar refractivity (Wildman–Crippen MR) is 56.8 cm³/mol. The first kappa shape index (κ1) is 9.70. The van der Waals surface area contributed by atoms with Crippen molar-refractivity contribution >= 4 is 15.9 Å². The highest BCUT2D eigenvalue weighted by atomic mass is 79.9. The summed E-state index contributed by atoms with van der Waals surface area (Å²) in [6.45, 7) is 0. The van der Waals surface area contributed by atoms with Crippen LogP contribution in [0.15, 0.2) is 22.7 Å². The molecule has 1 aromatic rings. The van der Waals surface area contributed by atoms with Crippen LogP contribution in [0.1, 0.15) is 17.5 Å². The van der Waals surface area contributed by atoms with Crippen LogP contribution in [0, 0.1) is 11.3 Å². The molecule has 0 aliphatic heterocycles. The lowest BCUT2D eigenvalue weighted by atomic mass is 9.98. The first-order valence-corrected chi connectivity index (χ1v) is 5.27. The van der Waals surface area contributed by atoms with E-state index in [0.29, 0.717) is 0 Å². The van der Waals surface area contributed by atoms with Crippen molar-refractivity contribution in [3.8, 4) is 6.07 Å². The lowest BCUT2D eigenvalue weighted by Crippen LogP contribution is -2.22. The zero-order chi connectivity index (χ0) is 10.2. The van der Waals surface area contributed by atoms with E-state index in [1.807, 2.05) is 18.2 Å². The van der Waals surface area contributed by atoms with Crippen molar-refractivity contribution in [3.05, 3.63) is 33.8 Å². The minimum atomic E-state index is -0.723. The van der Waals surface area contributed by atoms with Gasteiger partial charge < -0.3 is 4.74 Å². The molecule has 1 atom stereocenters. The number of hydrogen-bond donors (Lipinski definition) is 0. The number of benzene rings is 1. The smallest absolute Gasteiger partial charge is 0.179 e. The number of fused-ring (bicyclic) bond motifs is 1. The molecule has 0 saturated carbocycles. The van der Waals surface area contributed by atoms with Crippen LogP contribution in [-0.4, -0.2) is 7.11 Å². The summed E-state index contributed by atoms with van der Waals surface area (Å²) in [5.74, 6) is 0. The summed E-state index contributed by atoms with van der Waals surface area (Å²) in [5, 5.41) is 9.16.